The molecule has 0 bridgehead atoms. The fraction of sp³-hybridized carbons (Fsp3) is 0.348. The summed E-state index contributed by atoms with van der Waals surface area (Å²) < 4.78 is 2.07. The molecule has 1 N–H and O–H groups in total. The Labute approximate surface area is 192 Å². The molecular weight excluding hydrogens is 430 g/mol. The van der Waals surface area contributed by atoms with Crippen molar-refractivity contribution in [3.8, 4) is 5.69 Å². The van der Waals surface area contributed by atoms with Crippen molar-refractivity contribution in [2.75, 3.05) is 18.4 Å². The topological polar surface area (TPSA) is 63.1 Å². The third-order valence-corrected chi connectivity index (χ3v) is 6.59. The van der Waals surface area contributed by atoms with Crippen LogP contribution in [0.1, 0.15) is 32.0 Å². The molecule has 1 amide bonds. The minimum absolute atomic E-state index is 0.0903. The number of aromatic nitrogens is 3. The Morgan fingerprint density at radius 2 is 1.77 bits per heavy atom. The van der Waals surface area contributed by atoms with E-state index in [1.807, 2.05) is 37.3 Å². The highest BCUT2D eigenvalue weighted by Gasteiger charge is 2.23. The van der Waals surface area contributed by atoms with Crippen molar-refractivity contribution in [1.82, 2.24) is 19.7 Å². The van der Waals surface area contributed by atoms with Crippen LogP contribution >= 0.6 is 23.4 Å². The first-order valence-electron chi connectivity index (χ1n) is 10.6. The highest BCUT2D eigenvalue weighted by atomic mass is 35.5. The highest BCUT2D eigenvalue weighted by molar-refractivity contribution is 8.00. The van der Waals surface area contributed by atoms with Crippen molar-refractivity contribution in [3.05, 3.63) is 65.4 Å². The smallest absolute Gasteiger partial charge is 0.237 e. The molecule has 0 aliphatic carbocycles. The number of anilines is 1. The molecule has 31 heavy (non-hydrogen) atoms. The maximum atomic E-state index is 12.7. The van der Waals surface area contributed by atoms with Crippen LogP contribution in [0.2, 0.25) is 5.02 Å². The number of hydrogen-bond donors (Lipinski definition) is 1. The van der Waals surface area contributed by atoms with E-state index >= 15 is 0 Å². The van der Waals surface area contributed by atoms with Gasteiger partial charge in [0.2, 0.25) is 5.91 Å². The molecule has 8 heteroatoms. The molecule has 0 saturated carbocycles. The van der Waals surface area contributed by atoms with Gasteiger partial charge in [-0.2, -0.15) is 0 Å². The Morgan fingerprint density at radius 1 is 1.06 bits per heavy atom. The highest BCUT2D eigenvalue weighted by Crippen LogP contribution is 2.27. The van der Waals surface area contributed by atoms with Crippen molar-refractivity contribution >= 4 is 35.0 Å². The fourth-order valence-electron chi connectivity index (χ4n) is 3.62. The van der Waals surface area contributed by atoms with Gasteiger partial charge in [-0.1, -0.05) is 48.0 Å². The molecular formula is C23H26ClN5OS. The van der Waals surface area contributed by atoms with Crippen molar-refractivity contribution < 1.29 is 4.79 Å². The summed E-state index contributed by atoms with van der Waals surface area (Å²) in [5.74, 6) is 0.813. The lowest BCUT2D eigenvalue weighted by atomic mass is 10.1. The standard InChI is InChI=1S/C23H26ClN5OS/c1-17(22(30)25-19-12-10-18(24)11-13-19)31-23-27-26-21(16-28-14-6-3-7-15-28)29(23)20-8-4-2-5-9-20/h2,4-5,8-13,17H,3,6-7,14-16H2,1H3,(H,25,30). The second-order valence-corrected chi connectivity index (χ2v) is 9.41. The lowest BCUT2D eigenvalue weighted by Crippen LogP contribution is -2.30. The Balaban J connectivity index is 1.52. The van der Waals surface area contributed by atoms with Gasteiger partial charge >= 0.3 is 0 Å². The number of nitrogens with zero attached hydrogens (tertiary/aromatic N) is 4. The number of carbonyl (C=O) groups is 1. The molecule has 1 saturated heterocycles. The zero-order valence-electron chi connectivity index (χ0n) is 17.5. The summed E-state index contributed by atoms with van der Waals surface area (Å²) >= 11 is 7.34. The number of amides is 1. The number of para-hydroxylation sites is 1. The first kappa shape index (κ1) is 21.9. The predicted molar refractivity (Wildman–Crippen MR) is 126 cm³/mol. The van der Waals surface area contributed by atoms with Crippen LogP contribution in [0.3, 0.4) is 0 Å². The number of hydrogen-bond acceptors (Lipinski definition) is 5. The maximum Gasteiger partial charge on any atom is 0.237 e. The van der Waals surface area contributed by atoms with E-state index in [4.69, 9.17) is 11.6 Å². The largest absolute Gasteiger partial charge is 0.325 e. The van der Waals surface area contributed by atoms with Crippen LogP contribution < -0.4 is 5.32 Å². The van der Waals surface area contributed by atoms with Crippen LogP contribution in [0.25, 0.3) is 5.69 Å². The molecule has 0 radical (unpaired) electrons. The van der Waals surface area contributed by atoms with E-state index in [0.717, 1.165) is 42.0 Å². The molecule has 0 spiro atoms. The first-order valence-corrected chi connectivity index (χ1v) is 11.8. The maximum absolute atomic E-state index is 12.7. The van der Waals surface area contributed by atoms with Crippen LogP contribution in [-0.4, -0.2) is 43.9 Å². The Hall–Kier alpha value is -2.35. The van der Waals surface area contributed by atoms with Crippen LogP contribution in [0.15, 0.2) is 59.8 Å². The zero-order valence-corrected chi connectivity index (χ0v) is 19.1. The molecule has 1 unspecified atom stereocenters. The SMILES string of the molecule is CC(Sc1nnc(CN2CCCCC2)n1-c1ccccc1)C(=O)Nc1ccc(Cl)cc1. The average Bonchev–Trinajstić information content (AvgIpc) is 3.18. The summed E-state index contributed by atoms with van der Waals surface area (Å²) in [6.07, 6.45) is 3.75. The van der Waals surface area contributed by atoms with Crippen LogP contribution in [0.5, 0.6) is 0 Å². The number of thioether (sulfide) groups is 1. The van der Waals surface area contributed by atoms with E-state index in [9.17, 15) is 4.79 Å². The number of carbonyl (C=O) groups excluding carboxylic acids is 1. The van der Waals surface area contributed by atoms with E-state index in [0.29, 0.717) is 5.02 Å². The van der Waals surface area contributed by atoms with Gasteiger partial charge in [-0.3, -0.25) is 14.3 Å². The van der Waals surface area contributed by atoms with Crippen molar-refractivity contribution in [3.63, 3.8) is 0 Å². The van der Waals surface area contributed by atoms with Crippen LogP contribution in [-0.2, 0) is 11.3 Å². The number of benzene rings is 2. The normalized spacial score (nSPS) is 15.5. The summed E-state index contributed by atoms with van der Waals surface area (Å²) in [5, 5.41) is 12.9. The molecule has 2 heterocycles. The number of halogens is 1. The molecule has 2 aromatic carbocycles. The molecule has 1 aliphatic heterocycles. The van der Waals surface area contributed by atoms with Gasteiger partial charge in [0.15, 0.2) is 11.0 Å². The molecule has 1 atom stereocenters. The summed E-state index contributed by atoms with van der Waals surface area (Å²) in [6.45, 7) is 4.81. The second-order valence-electron chi connectivity index (χ2n) is 7.66. The summed E-state index contributed by atoms with van der Waals surface area (Å²) in [6, 6.07) is 17.2. The van der Waals surface area contributed by atoms with E-state index in [1.165, 1.54) is 31.0 Å². The summed E-state index contributed by atoms with van der Waals surface area (Å²) in [4.78, 5) is 15.2. The van der Waals surface area contributed by atoms with Gasteiger partial charge < -0.3 is 5.32 Å². The van der Waals surface area contributed by atoms with Gasteiger partial charge in [-0.25, -0.2) is 0 Å². The van der Waals surface area contributed by atoms with Gasteiger partial charge in [0.25, 0.3) is 0 Å². The van der Waals surface area contributed by atoms with Gasteiger partial charge in [0, 0.05) is 16.4 Å². The zero-order chi connectivity index (χ0) is 21.6. The minimum atomic E-state index is -0.342. The fourth-order valence-corrected chi connectivity index (χ4v) is 4.63. The number of piperidine rings is 1. The van der Waals surface area contributed by atoms with E-state index < -0.39 is 0 Å². The minimum Gasteiger partial charge on any atom is -0.325 e. The number of likely N-dealkylation sites (tertiary alicyclic amines) is 1. The first-order chi connectivity index (χ1) is 15.1. The Bertz CT molecular complexity index is 1000. The lowest BCUT2D eigenvalue weighted by Gasteiger charge is -2.26. The predicted octanol–water partition coefficient (Wildman–Crippen LogP) is 5.03. The lowest BCUT2D eigenvalue weighted by molar-refractivity contribution is -0.115. The number of rotatable bonds is 7. The monoisotopic (exact) mass is 455 g/mol. The van der Waals surface area contributed by atoms with E-state index in [1.54, 1.807) is 24.3 Å². The molecule has 4 rings (SSSR count). The van der Waals surface area contributed by atoms with Crippen molar-refractivity contribution in [2.45, 2.75) is 43.1 Å². The quantitative estimate of drug-likeness (QED) is 0.506. The van der Waals surface area contributed by atoms with Gasteiger partial charge in [0.1, 0.15) is 0 Å². The van der Waals surface area contributed by atoms with E-state index in [2.05, 4.69) is 25.0 Å². The van der Waals surface area contributed by atoms with E-state index in [-0.39, 0.29) is 11.2 Å². The van der Waals surface area contributed by atoms with Gasteiger partial charge in [-0.05, 0) is 69.3 Å². The molecule has 162 valence electrons. The molecule has 1 aromatic heterocycles. The molecule has 1 aliphatic rings. The summed E-state index contributed by atoms with van der Waals surface area (Å²) in [7, 11) is 0. The van der Waals surface area contributed by atoms with Gasteiger partial charge in [0.05, 0.1) is 11.8 Å². The third kappa shape index (κ3) is 5.67. The van der Waals surface area contributed by atoms with Crippen molar-refractivity contribution in [2.24, 2.45) is 0 Å². The Kier molecular flexibility index (Phi) is 7.27. The molecule has 6 nitrogen and oxygen atoms in total. The summed E-state index contributed by atoms with van der Waals surface area (Å²) in [5.41, 5.74) is 1.73. The molecule has 1 fully saturated rings. The Morgan fingerprint density at radius 3 is 2.48 bits per heavy atom. The second kappa shape index (κ2) is 10.3. The van der Waals surface area contributed by atoms with Crippen molar-refractivity contribution in [1.29, 1.82) is 0 Å². The average molecular weight is 456 g/mol. The number of nitrogens with one attached hydrogen (secondary N) is 1. The molecule has 3 aromatic rings. The van der Waals surface area contributed by atoms with Crippen LogP contribution in [0, 0.1) is 0 Å². The van der Waals surface area contributed by atoms with Crippen LogP contribution in [0.4, 0.5) is 5.69 Å². The third-order valence-electron chi connectivity index (χ3n) is 5.29. The van der Waals surface area contributed by atoms with Gasteiger partial charge in [-0.15, -0.1) is 10.2 Å².